The van der Waals surface area contributed by atoms with E-state index in [0.717, 1.165) is 15.2 Å². The summed E-state index contributed by atoms with van der Waals surface area (Å²) in [6.07, 6.45) is 0. The van der Waals surface area contributed by atoms with Gasteiger partial charge in [0.2, 0.25) is 0 Å². The number of hydrogen-bond donors (Lipinski definition) is 0. The van der Waals surface area contributed by atoms with Crippen LogP contribution in [0.3, 0.4) is 0 Å². The summed E-state index contributed by atoms with van der Waals surface area (Å²) in [6, 6.07) is 13.2. The third-order valence-corrected chi connectivity index (χ3v) is 5.57. The van der Waals surface area contributed by atoms with E-state index in [9.17, 15) is 4.79 Å². The first-order valence-corrected chi connectivity index (χ1v) is 9.89. The van der Waals surface area contributed by atoms with Gasteiger partial charge in [-0.3, -0.25) is 4.79 Å². The number of rotatable bonds is 7. The zero-order chi connectivity index (χ0) is 19.4. The molecule has 0 radical (unpaired) electrons. The predicted molar refractivity (Wildman–Crippen MR) is 109 cm³/mol. The number of amides is 1. The summed E-state index contributed by atoms with van der Waals surface area (Å²) in [4.78, 5) is 19.4. The third kappa shape index (κ3) is 4.06. The summed E-state index contributed by atoms with van der Waals surface area (Å²) in [5.74, 6) is 1.16. The molecule has 0 aliphatic rings. The van der Waals surface area contributed by atoms with Crippen molar-refractivity contribution in [1.29, 1.82) is 0 Å². The fourth-order valence-electron chi connectivity index (χ4n) is 2.80. The van der Waals surface area contributed by atoms with Crippen LogP contribution in [0.25, 0.3) is 10.2 Å². The molecule has 0 saturated carbocycles. The number of para-hydroxylation sites is 1. The first kappa shape index (κ1) is 19.2. The molecule has 6 heteroatoms. The molecule has 1 amide bonds. The normalized spacial score (nSPS) is 12.0. The van der Waals surface area contributed by atoms with Crippen LogP contribution in [0.5, 0.6) is 11.5 Å². The maximum atomic E-state index is 13.0. The van der Waals surface area contributed by atoms with Crippen molar-refractivity contribution < 1.29 is 14.3 Å². The highest BCUT2D eigenvalue weighted by Crippen LogP contribution is 2.32. The highest BCUT2D eigenvalue weighted by atomic mass is 32.1. The van der Waals surface area contributed by atoms with Gasteiger partial charge in [0.15, 0.2) is 11.5 Å². The first-order valence-electron chi connectivity index (χ1n) is 9.07. The van der Waals surface area contributed by atoms with E-state index in [-0.39, 0.29) is 11.9 Å². The van der Waals surface area contributed by atoms with Gasteiger partial charge in [0, 0.05) is 12.6 Å². The lowest BCUT2D eigenvalue weighted by Crippen LogP contribution is -2.29. The molecule has 0 N–H and O–H groups in total. The number of benzene rings is 2. The molecule has 1 aromatic heterocycles. The fraction of sp³-hybridized carbons (Fsp3) is 0.333. The van der Waals surface area contributed by atoms with Crippen LogP contribution >= 0.6 is 11.3 Å². The average molecular weight is 385 g/mol. The Morgan fingerprint density at radius 1 is 1.11 bits per heavy atom. The second-order valence-corrected chi connectivity index (χ2v) is 7.20. The van der Waals surface area contributed by atoms with E-state index in [1.807, 2.05) is 45.0 Å². The molecule has 0 fully saturated rings. The van der Waals surface area contributed by atoms with Crippen LogP contribution in [-0.4, -0.2) is 36.1 Å². The van der Waals surface area contributed by atoms with Crippen molar-refractivity contribution in [3.63, 3.8) is 0 Å². The van der Waals surface area contributed by atoms with E-state index < -0.39 is 0 Å². The van der Waals surface area contributed by atoms with Crippen LogP contribution in [0.4, 0.5) is 0 Å². The fourth-order valence-corrected chi connectivity index (χ4v) is 3.86. The van der Waals surface area contributed by atoms with Crippen molar-refractivity contribution in [2.75, 3.05) is 20.3 Å². The Hall–Kier alpha value is -2.60. The third-order valence-electron chi connectivity index (χ3n) is 4.36. The molecular weight excluding hydrogens is 360 g/mol. The molecule has 3 rings (SSSR count). The van der Waals surface area contributed by atoms with Gasteiger partial charge in [-0.1, -0.05) is 12.1 Å². The van der Waals surface area contributed by atoms with Gasteiger partial charge in [0.05, 0.1) is 29.5 Å². The minimum Gasteiger partial charge on any atom is -0.490 e. The Bertz CT molecular complexity index is 905. The van der Waals surface area contributed by atoms with E-state index in [4.69, 9.17) is 9.47 Å². The van der Waals surface area contributed by atoms with Crippen molar-refractivity contribution in [2.24, 2.45) is 0 Å². The SMILES string of the molecule is CCOc1ccc(C(=O)N(C)C(C)c2nc3ccccc3s2)cc1OCC. The highest BCUT2D eigenvalue weighted by Gasteiger charge is 2.23. The maximum Gasteiger partial charge on any atom is 0.254 e. The molecule has 27 heavy (non-hydrogen) atoms. The Morgan fingerprint density at radius 3 is 2.52 bits per heavy atom. The molecule has 0 bridgehead atoms. The zero-order valence-corrected chi connectivity index (χ0v) is 16.9. The van der Waals surface area contributed by atoms with Gasteiger partial charge >= 0.3 is 0 Å². The summed E-state index contributed by atoms with van der Waals surface area (Å²) < 4.78 is 12.3. The van der Waals surface area contributed by atoms with Crippen molar-refractivity contribution in [2.45, 2.75) is 26.8 Å². The van der Waals surface area contributed by atoms with Crippen LogP contribution in [0.2, 0.25) is 0 Å². The number of fused-ring (bicyclic) bond motifs is 1. The number of hydrogen-bond acceptors (Lipinski definition) is 5. The molecule has 0 saturated heterocycles. The molecule has 3 aromatic rings. The first-order chi connectivity index (χ1) is 13.0. The largest absolute Gasteiger partial charge is 0.490 e. The molecule has 2 aromatic carbocycles. The quantitative estimate of drug-likeness (QED) is 0.580. The minimum absolute atomic E-state index is 0.0780. The molecule has 0 spiro atoms. The molecule has 0 aliphatic carbocycles. The van der Waals surface area contributed by atoms with Gasteiger partial charge in [-0.25, -0.2) is 4.98 Å². The van der Waals surface area contributed by atoms with E-state index in [2.05, 4.69) is 4.98 Å². The standard InChI is InChI=1S/C21H24N2O3S/c1-5-25-17-12-11-15(13-18(17)26-6-2)21(24)23(4)14(3)20-22-16-9-7-8-10-19(16)27-20/h7-14H,5-6H2,1-4H3. The van der Waals surface area contributed by atoms with E-state index in [0.29, 0.717) is 30.3 Å². The molecule has 1 heterocycles. The summed E-state index contributed by atoms with van der Waals surface area (Å²) in [5.41, 5.74) is 1.53. The number of carbonyl (C=O) groups excluding carboxylic acids is 1. The van der Waals surface area contributed by atoms with Gasteiger partial charge in [-0.2, -0.15) is 0 Å². The zero-order valence-electron chi connectivity index (χ0n) is 16.1. The van der Waals surface area contributed by atoms with Crippen LogP contribution in [0, 0.1) is 0 Å². The van der Waals surface area contributed by atoms with Gasteiger partial charge in [0.25, 0.3) is 5.91 Å². The maximum absolute atomic E-state index is 13.0. The smallest absolute Gasteiger partial charge is 0.254 e. The van der Waals surface area contributed by atoms with Crippen LogP contribution in [0.1, 0.15) is 42.2 Å². The van der Waals surface area contributed by atoms with Crippen LogP contribution < -0.4 is 9.47 Å². The monoisotopic (exact) mass is 384 g/mol. The number of carbonyl (C=O) groups is 1. The molecule has 5 nitrogen and oxygen atoms in total. The van der Waals surface area contributed by atoms with Gasteiger partial charge in [0.1, 0.15) is 5.01 Å². The second kappa shape index (κ2) is 8.39. The molecular formula is C21H24N2O3S. The van der Waals surface area contributed by atoms with E-state index in [1.165, 1.54) is 0 Å². The number of aromatic nitrogens is 1. The topological polar surface area (TPSA) is 51.7 Å². The summed E-state index contributed by atoms with van der Waals surface area (Å²) in [5, 5.41) is 0.919. The Morgan fingerprint density at radius 2 is 1.81 bits per heavy atom. The van der Waals surface area contributed by atoms with Gasteiger partial charge in [-0.15, -0.1) is 11.3 Å². The van der Waals surface area contributed by atoms with Crippen molar-refractivity contribution >= 4 is 27.5 Å². The number of nitrogens with zero attached hydrogens (tertiary/aromatic N) is 2. The van der Waals surface area contributed by atoms with E-state index >= 15 is 0 Å². The Balaban J connectivity index is 1.84. The lowest BCUT2D eigenvalue weighted by atomic mass is 10.1. The number of thiazole rings is 1. The van der Waals surface area contributed by atoms with Crippen molar-refractivity contribution in [1.82, 2.24) is 9.88 Å². The summed E-state index contributed by atoms with van der Waals surface area (Å²) in [6.45, 7) is 6.87. The van der Waals surface area contributed by atoms with E-state index in [1.54, 1.807) is 41.5 Å². The Labute approximate surface area is 163 Å². The minimum atomic E-state index is -0.128. The molecule has 1 atom stereocenters. The molecule has 1 unspecified atom stereocenters. The summed E-state index contributed by atoms with van der Waals surface area (Å²) in [7, 11) is 1.80. The predicted octanol–water partition coefficient (Wildman–Crippen LogP) is 4.93. The summed E-state index contributed by atoms with van der Waals surface area (Å²) >= 11 is 1.62. The second-order valence-electron chi connectivity index (χ2n) is 6.14. The molecule has 142 valence electrons. The Kier molecular flexibility index (Phi) is 5.96. The van der Waals surface area contributed by atoms with Gasteiger partial charge in [-0.05, 0) is 51.1 Å². The lowest BCUT2D eigenvalue weighted by Gasteiger charge is -2.23. The number of ether oxygens (including phenoxy) is 2. The molecule has 0 aliphatic heterocycles. The highest BCUT2D eigenvalue weighted by molar-refractivity contribution is 7.18. The van der Waals surface area contributed by atoms with Crippen molar-refractivity contribution in [3.05, 3.63) is 53.0 Å². The average Bonchev–Trinajstić information content (AvgIpc) is 3.12. The van der Waals surface area contributed by atoms with Crippen molar-refractivity contribution in [3.8, 4) is 11.5 Å². The lowest BCUT2D eigenvalue weighted by molar-refractivity contribution is 0.0742. The van der Waals surface area contributed by atoms with Crippen LogP contribution in [0.15, 0.2) is 42.5 Å². The van der Waals surface area contributed by atoms with Crippen LogP contribution in [-0.2, 0) is 0 Å². The van der Waals surface area contributed by atoms with Gasteiger partial charge < -0.3 is 14.4 Å².